The van der Waals surface area contributed by atoms with Gasteiger partial charge in [0.1, 0.15) is 5.75 Å². The minimum atomic E-state index is 0.307. The summed E-state index contributed by atoms with van der Waals surface area (Å²) in [6.07, 6.45) is 0.992. The molecule has 0 atom stereocenters. The lowest BCUT2D eigenvalue weighted by Crippen LogP contribution is -2.07. The number of hydrogen-bond acceptors (Lipinski definition) is 5. The van der Waals surface area contributed by atoms with Crippen LogP contribution in [0.1, 0.15) is 19.2 Å². The normalized spacial score (nSPS) is 10.5. The number of rotatable bonds is 5. The Balaban J connectivity index is 2.17. The molecule has 2 rings (SSSR count). The first-order valence-electron chi connectivity index (χ1n) is 5.55. The average Bonchev–Trinajstić information content (AvgIpc) is 2.85. The van der Waals surface area contributed by atoms with Crippen molar-refractivity contribution in [2.75, 3.05) is 6.61 Å². The zero-order chi connectivity index (χ0) is 12.1. The van der Waals surface area contributed by atoms with Gasteiger partial charge in [-0.25, -0.2) is 0 Å². The van der Waals surface area contributed by atoms with E-state index in [-0.39, 0.29) is 0 Å². The third-order valence-corrected chi connectivity index (χ3v) is 2.27. The van der Waals surface area contributed by atoms with Crippen molar-refractivity contribution in [1.82, 2.24) is 20.2 Å². The van der Waals surface area contributed by atoms with Gasteiger partial charge in [0, 0.05) is 0 Å². The van der Waals surface area contributed by atoms with Crippen LogP contribution in [0.25, 0.3) is 5.69 Å². The number of benzene rings is 1. The Morgan fingerprint density at radius 1 is 1.29 bits per heavy atom. The van der Waals surface area contributed by atoms with Crippen LogP contribution >= 0.6 is 0 Å². The maximum absolute atomic E-state index is 5.54. The molecule has 0 amide bonds. The van der Waals surface area contributed by atoms with E-state index in [0.29, 0.717) is 12.4 Å². The van der Waals surface area contributed by atoms with E-state index < -0.39 is 0 Å². The first-order chi connectivity index (χ1) is 8.35. The quantitative estimate of drug-likeness (QED) is 0.830. The molecule has 0 fully saturated rings. The van der Waals surface area contributed by atoms with Gasteiger partial charge in [0.25, 0.3) is 0 Å². The SMILES string of the molecule is CCCOc1ccc(-n2nnnc2CN)cc1. The lowest BCUT2D eigenvalue weighted by Gasteiger charge is -2.06. The monoisotopic (exact) mass is 233 g/mol. The molecular formula is C11H15N5O. The van der Waals surface area contributed by atoms with E-state index >= 15 is 0 Å². The molecule has 1 aromatic heterocycles. The number of ether oxygens (including phenoxy) is 1. The Hall–Kier alpha value is -1.95. The molecule has 1 heterocycles. The van der Waals surface area contributed by atoms with E-state index in [2.05, 4.69) is 22.4 Å². The first-order valence-corrected chi connectivity index (χ1v) is 5.55. The molecule has 2 N–H and O–H groups in total. The van der Waals surface area contributed by atoms with Crippen molar-refractivity contribution in [1.29, 1.82) is 0 Å². The average molecular weight is 233 g/mol. The van der Waals surface area contributed by atoms with E-state index in [9.17, 15) is 0 Å². The smallest absolute Gasteiger partial charge is 0.170 e. The van der Waals surface area contributed by atoms with E-state index in [0.717, 1.165) is 24.5 Å². The highest BCUT2D eigenvalue weighted by molar-refractivity contribution is 5.36. The summed E-state index contributed by atoms with van der Waals surface area (Å²) in [6, 6.07) is 7.60. The number of hydrogen-bond donors (Lipinski definition) is 1. The second-order valence-corrected chi connectivity index (χ2v) is 3.55. The highest BCUT2D eigenvalue weighted by Crippen LogP contribution is 2.15. The molecular weight excluding hydrogens is 218 g/mol. The second kappa shape index (κ2) is 5.40. The first kappa shape index (κ1) is 11.5. The van der Waals surface area contributed by atoms with Gasteiger partial charge < -0.3 is 10.5 Å². The van der Waals surface area contributed by atoms with Crippen molar-refractivity contribution in [3.63, 3.8) is 0 Å². The summed E-state index contributed by atoms with van der Waals surface area (Å²) in [5.41, 5.74) is 6.41. The predicted molar refractivity (Wildman–Crippen MR) is 62.8 cm³/mol. The Morgan fingerprint density at radius 2 is 2.06 bits per heavy atom. The molecule has 17 heavy (non-hydrogen) atoms. The summed E-state index contributed by atoms with van der Waals surface area (Å²) in [5.74, 6) is 1.48. The van der Waals surface area contributed by atoms with Crippen molar-refractivity contribution in [2.45, 2.75) is 19.9 Å². The van der Waals surface area contributed by atoms with Crippen LogP contribution in [0.5, 0.6) is 5.75 Å². The van der Waals surface area contributed by atoms with E-state index in [1.54, 1.807) is 4.68 Å². The fourth-order valence-corrected chi connectivity index (χ4v) is 1.44. The van der Waals surface area contributed by atoms with Gasteiger partial charge in [-0.05, 0) is 41.1 Å². The van der Waals surface area contributed by atoms with Crippen LogP contribution < -0.4 is 10.5 Å². The van der Waals surface area contributed by atoms with Crippen LogP contribution in [-0.2, 0) is 6.54 Å². The Bertz CT molecular complexity index is 465. The zero-order valence-corrected chi connectivity index (χ0v) is 9.71. The third-order valence-electron chi connectivity index (χ3n) is 2.27. The lowest BCUT2D eigenvalue weighted by atomic mass is 10.3. The summed E-state index contributed by atoms with van der Waals surface area (Å²) in [5, 5.41) is 11.3. The summed E-state index contributed by atoms with van der Waals surface area (Å²) in [4.78, 5) is 0. The highest BCUT2D eigenvalue weighted by Gasteiger charge is 2.05. The van der Waals surface area contributed by atoms with Gasteiger partial charge >= 0.3 is 0 Å². The van der Waals surface area contributed by atoms with Crippen molar-refractivity contribution < 1.29 is 4.74 Å². The number of nitrogens with zero attached hydrogens (tertiary/aromatic N) is 4. The maximum Gasteiger partial charge on any atom is 0.170 e. The fraction of sp³-hybridized carbons (Fsp3) is 0.364. The molecule has 2 aromatic rings. The summed E-state index contributed by atoms with van der Waals surface area (Å²) >= 11 is 0. The standard InChI is InChI=1S/C11H15N5O/c1-2-7-17-10-5-3-9(4-6-10)16-11(8-12)13-14-15-16/h3-6H,2,7-8,12H2,1H3. The Morgan fingerprint density at radius 3 is 2.71 bits per heavy atom. The summed E-state index contributed by atoms with van der Waals surface area (Å²) in [6.45, 7) is 3.10. The van der Waals surface area contributed by atoms with E-state index in [1.807, 2.05) is 24.3 Å². The topological polar surface area (TPSA) is 78.8 Å². The molecule has 1 aromatic carbocycles. The molecule has 0 aliphatic rings. The molecule has 90 valence electrons. The van der Waals surface area contributed by atoms with Gasteiger partial charge in [-0.1, -0.05) is 6.92 Å². The van der Waals surface area contributed by atoms with Gasteiger partial charge in [0.15, 0.2) is 5.82 Å². The Kier molecular flexibility index (Phi) is 3.66. The summed E-state index contributed by atoms with van der Waals surface area (Å²) in [7, 11) is 0. The molecule has 0 aliphatic heterocycles. The molecule has 0 saturated carbocycles. The number of aromatic nitrogens is 4. The number of tetrazole rings is 1. The van der Waals surface area contributed by atoms with Gasteiger partial charge in [-0.15, -0.1) is 5.10 Å². The minimum absolute atomic E-state index is 0.307. The third kappa shape index (κ3) is 2.59. The number of nitrogens with two attached hydrogens (primary N) is 1. The van der Waals surface area contributed by atoms with Crippen LogP contribution in [0.2, 0.25) is 0 Å². The Labute approximate surface area is 99.4 Å². The van der Waals surface area contributed by atoms with Crippen LogP contribution in [0, 0.1) is 0 Å². The second-order valence-electron chi connectivity index (χ2n) is 3.55. The zero-order valence-electron chi connectivity index (χ0n) is 9.71. The fourth-order valence-electron chi connectivity index (χ4n) is 1.44. The van der Waals surface area contributed by atoms with Crippen LogP contribution in [0.15, 0.2) is 24.3 Å². The van der Waals surface area contributed by atoms with Gasteiger partial charge in [-0.2, -0.15) is 4.68 Å². The van der Waals surface area contributed by atoms with Crippen LogP contribution in [-0.4, -0.2) is 26.8 Å². The van der Waals surface area contributed by atoms with E-state index in [1.165, 1.54) is 0 Å². The van der Waals surface area contributed by atoms with Crippen molar-refractivity contribution in [3.8, 4) is 11.4 Å². The van der Waals surface area contributed by atoms with Crippen LogP contribution in [0.4, 0.5) is 0 Å². The van der Waals surface area contributed by atoms with Crippen molar-refractivity contribution in [2.24, 2.45) is 5.73 Å². The van der Waals surface area contributed by atoms with Crippen LogP contribution in [0.3, 0.4) is 0 Å². The largest absolute Gasteiger partial charge is 0.494 e. The van der Waals surface area contributed by atoms with E-state index in [4.69, 9.17) is 10.5 Å². The molecule has 6 nitrogen and oxygen atoms in total. The molecule has 6 heteroatoms. The molecule has 0 radical (unpaired) electrons. The maximum atomic E-state index is 5.54. The van der Waals surface area contributed by atoms with Crippen molar-refractivity contribution in [3.05, 3.63) is 30.1 Å². The molecule has 0 unspecified atom stereocenters. The van der Waals surface area contributed by atoms with Gasteiger partial charge in [-0.3, -0.25) is 0 Å². The van der Waals surface area contributed by atoms with Gasteiger partial charge in [0.2, 0.25) is 0 Å². The molecule has 0 saturated heterocycles. The highest BCUT2D eigenvalue weighted by atomic mass is 16.5. The van der Waals surface area contributed by atoms with Gasteiger partial charge in [0.05, 0.1) is 18.8 Å². The molecule has 0 bridgehead atoms. The minimum Gasteiger partial charge on any atom is -0.494 e. The lowest BCUT2D eigenvalue weighted by molar-refractivity contribution is 0.317. The van der Waals surface area contributed by atoms with Crippen molar-refractivity contribution >= 4 is 0 Å². The summed E-state index contributed by atoms with van der Waals surface area (Å²) < 4.78 is 7.11. The predicted octanol–water partition coefficient (Wildman–Crippen LogP) is 0.910. The molecule has 0 spiro atoms. The molecule has 0 aliphatic carbocycles.